The van der Waals surface area contributed by atoms with Crippen molar-refractivity contribution in [3.63, 3.8) is 0 Å². The van der Waals surface area contributed by atoms with E-state index in [9.17, 15) is 4.79 Å². The van der Waals surface area contributed by atoms with E-state index < -0.39 is 0 Å². The standard InChI is InChI=1S/C29H24N4O3S/c34-28(31-16-22-10-13-25-26(15-22)36-19-35-25)23-11-8-20(9-12-23)17-33-27-24(7-4-14-30-27)32-29(33)37-18-21-5-2-1-3-6-21/h1-15H,16-19H2,(H,31,34). The molecule has 1 N–H and O–H groups in total. The first-order valence-corrected chi connectivity index (χ1v) is 13.0. The van der Waals surface area contributed by atoms with Crippen LogP contribution in [0.5, 0.6) is 11.5 Å². The zero-order valence-corrected chi connectivity index (χ0v) is 20.8. The highest BCUT2D eigenvalue weighted by Gasteiger charge is 2.15. The summed E-state index contributed by atoms with van der Waals surface area (Å²) >= 11 is 1.70. The van der Waals surface area contributed by atoms with Crippen LogP contribution in [-0.2, 0) is 18.8 Å². The molecule has 1 amide bonds. The Bertz CT molecular complexity index is 1550. The number of thioether (sulfide) groups is 1. The van der Waals surface area contributed by atoms with E-state index in [-0.39, 0.29) is 12.7 Å². The number of ether oxygens (including phenoxy) is 2. The third-order valence-corrected chi connectivity index (χ3v) is 7.17. The van der Waals surface area contributed by atoms with Gasteiger partial charge in [-0.15, -0.1) is 0 Å². The molecule has 0 atom stereocenters. The summed E-state index contributed by atoms with van der Waals surface area (Å²) in [6, 6.07) is 27.6. The molecule has 184 valence electrons. The molecular formula is C29H24N4O3S. The summed E-state index contributed by atoms with van der Waals surface area (Å²) in [5.74, 6) is 2.14. The van der Waals surface area contributed by atoms with Gasteiger partial charge in [-0.1, -0.05) is 60.3 Å². The minimum atomic E-state index is -0.127. The Morgan fingerprint density at radius 1 is 0.892 bits per heavy atom. The monoisotopic (exact) mass is 508 g/mol. The van der Waals surface area contributed by atoms with Crippen molar-refractivity contribution in [2.75, 3.05) is 6.79 Å². The molecule has 0 fully saturated rings. The van der Waals surface area contributed by atoms with E-state index in [1.807, 2.05) is 72.8 Å². The maximum atomic E-state index is 12.7. The molecule has 0 unspecified atom stereocenters. The number of amides is 1. The van der Waals surface area contributed by atoms with Crippen molar-refractivity contribution >= 4 is 28.8 Å². The lowest BCUT2D eigenvalue weighted by atomic mass is 10.1. The first-order valence-electron chi connectivity index (χ1n) is 12.0. The SMILES string of the molecule is O=C(NCc1ccc2c(c1)OCO2)c1ccc(Cn2c(SCc3ccccc3)nc3cccnc32)cc1. The van der Waals surface area contributed by atoms with Gasteiger partial charge < -0.3 is 14.8 Å². The molecule has 37 heavy (non-hydrogen) atoms. The van der Waals surface area contributed by atoms with Crippen LogP contribution in [0.2, 0.25) is 0 Å². The number of carbonyl (C=O) groups is 1. The molecular weight excluding hydrogens is 484 g/mol. The van der Waals surface area contributed by atoms with Gasteiger partial charge in [0.15, 0.2) is 22.3 Å². The minimum absolute atomic E-state index is 0.127. The Kier molecular flexibility index (Phi) is 6.47. The number of benzene rings is 3. The third kappa shape index (κ3) is 5.15. The van der Waals surface area contributed by atoms with E-state index in [0.29, 0.717) is 24.4 Å². The Labute approximate surface area is 218 Å². The van der Waals surface area contributed by atoms with Gasteiger partial charge in [0.05, 0.1) is 6.54 Å². The lowest BCUT2D eigenvalue weighted by Crippen LogP contribution is -2.22. The number of hydrogen-bond donors (Lipinski definition) is 1. The number of fused-ring (bicyclic) bond motifs is 2. The van der Waals surface area contributed by atoms with Crippen molar-refractivity contribution in [1.82, 2.24) is 19.9 Å². The fraction of sp³-hybridized carbons (Fsp3) is 0.138. The van der Waals surface area contributed by atoms with Crippen LogP contribution in [0.15, 0.2) is 96.3 Å². The fourth-order valence-electron chi connectivity index (χ4n) is 4.19. The van der Waals surface area contributed by atoms with E-state index in [1.165, 1.54) is 5.56 Å². The predicted molar refractivity (Wildman–Crippen MR) is 143 cm³/mol. The Hall–Kier alpha value is -4.30. The maximum Gasteiger partial charge on any atom is 0.251 e. The van der Waals surface area contributed by atoms with Crippen molar-refractivity contribution < 1.29 is 14.3 Å². The van der Waals surface area contributed by atoms with Crippen LogP contribution in [0.25, 0.3) is 11.2 Å². The van der Waals surface area contributed by atoms with Gasteiger partial charge in [-0.25, -0.2) is 9.97 Å². The topological polar surface area (TPSA) is 78.3 Å². The van der Waals surface area contributed by atoms with Gasteiger partial charge in [0.25, 0.3) is 5.91 Å². The Balaban J connectivity index is 1.14. The average molecular weight is 509 g/mol. The molecule has 0 spiro atoms. The summed E-state index contributed by atoms with van der Waals surface area (Å²) in [6.45, 7) is 1.26. The lowest BCUT2D eigenvalue weighted by molar-refractivity contribution is 0.0951. The molecule has 3 aromatic carbocycles. The highest BCUT2D eigenvalue weighted by Crippen LogP contribution is 2.32. The van der Waals surface area contributed by atoms with Gasteiger partial charge in [0.1, 0.15) is 5.52 Å². The van der Waals surface area contributed by atoms with Crippen LogP contribution in [-0.4, -0.2) is 27.2 Å². The first-order chi connectivity index (χ1) is 18.2. The van der Waals surface area contributed by atoms with Gasteiger partial charge >= 0.3 is 0 Å². The summed E-state index contributed by atoms with van der Waals surface area (Å²) in [7, 11) is 0. The number of nitrogens with zero attached hydrogens (tertiary/aromatic N) is 3. The van der Waals surface area contributed by atoms with Crippen molar-refractivity contribution in [3.05, 3.63) is 113 Å². The quantitative estimate of drug-likeness (QED) is 0.282. The van der Waals surface area contributed by atoms with Gasteiger partial charge in [0.2, 0.25) is 6.79 Å². The van der Waals surface area contributed by atoms with Crippen LogP contribution in [0.4, 0.5) is 0 Å². The molecule has 8 heteroatoms. The molecule has 5 aromatic rings. The molecule has 0 saturated heterocycles. The van der Waals surface area contributed by atoms with E-state index >= 15 is 0 Å². The highest BCUT2D eigenvalue weighted by atomic mass is 32.2. The zero-order valence-electron chi connectivity index (χ0n) is 20.0. The van der Waals surface area contributed by atoms with Crippen LogP contribution in [0.3, 0.4) is 0 Å². The van der Waals surface area contributed by atoms with Crippen LogP contribution < -0.4 is 14.8 Å². The van der Waals surface area contributed by atoms with Crippen molar-refractivity contribution in [2.45, 2.75) is 24.0 Å². The van der Waals surface area contributed by atoms with E-state index in [2.05, 4.69) is 27.0 Å². The molecule has 1 aliphatic rings. The van der Waals surface area contributed by atoms with E-state index in [0.717, 1.165) is 38.9 Å². The second-order valence-electron chi connectivity index (χ2n) is 8.67. The summed E-state index contributed by atoms with van der Waals surface area (Å²) in [4.78, 5) is 22.1. The van der Waals surface area contributed by atoms with Gasteiger partial charge in [-0.2, -0.15) is 0 Å². The molecule has 2 aromatic heterocycles. The van der Waals surface area contributed by atoms with E-state index in [1.54, 1.807) is 18.0 Å². The number of pyridine rings is 1. The van der Waals surface area contributed by atoms with Crippen molar-refractivity contribution in [3.8, 4) is 11.5 Å². The van der Waals surface area contributed by atoms with Crippen LogP contribution in [0, 0.1) is 0 Å². The zero-order chi connectivity index (χ0) is 25.0. The lowest BCUT2D eigenvalue weighted by Gasteiger charge is -2.10. The number of imidazole rings is 1. The smallest absolute Gasteiger partial charge is 0.251 e. The number of rotatable bonds is 8. The van der Waals surface area contributed by atoms with Gasteiger partial charge in [-0.3, -0.25) is 9.36 Å². The number of carbonyl (C=O) groups excluding carboxylic acids is 1. The Morgan fingerprint density at radius 3 is 2.57 bits per heavy atom. The summed E-state index contributed by atoms with van der Waals surface area (Å²) in [5, 5.41) is 3.89. The first kappa shape index (κ1) is 23.1. The van der Waals surface area contributed by atoms with Gasteiger partial charge in [-0.05, 0) is 53.1 Å². The van der Waals surface area contributed by atoms with Crippen LogP contribution >= 0.6 is 11.8 Å². The second-order valence-corrected chi connectivity index (χ2v) is 9.61. The number of hydrogen-bond acceptors (Lipinski definition) is 6. The summed E-state index contributed by atoms with van der Waals surface area (Å²) in [6.07, 6.45) is 1.79. The summed E-state index contributed by atoms with van der Waals surface area (Å²) in [5.41, 5.74) is 5.60. The molecule has 0 radical (unpaired) electrons. The molecule has 6 rings (SSSR count). The van der Waals surface area contributed by atoms with Crippen molar-refractivity contribution in [1.29, 1.82) is 0 Å². The number of aromatic nitrogens is 3. The fourth-order valence-corrected chi connectivity index (χ4v) is 5.15. The Morgan fingerprint density at radius 2 is 1.70 bits per heavy atom. The molecule has 3 heterocycles. The number of nitrogens with one attached hydrogen (secondary N) is 1. The minimum Gasteiger partial charge on any atom is -0.454 e. The molecule has 0 bridgehead atoms. The molecule has 0 saturated carbocycles. The van der Waals surface area contributed by atoms with Crippen LogP contribution in [0.1, 0.15) is 27.0 Å². The summed E-state index contributed by atoms with van der Waals surface area (Å²) < 4.78 is 12.9. The largest absolute Gasteiger partial charge is 0.454 e. The van der Waals surface area contributed by atoms with E-state index in [4.69, 9.17) is 14.5 Å². The molecule has 7 nitrogen and oxygen atoms in total. The highest BCUT2D eigenvalue weighted by molar-refractivity contribution is 7.98. The molecule has 0 aliphatic carbocycles. The second kappa shape index (κ2) is 10.4. The molecule has 1 aliphatic heterocycles. The van der Waals surface area contributed by atoms with Gasteiger partial charge in [0, 0.05) is 24.1 Å². The predicted octanol–water partition coefficient (Wildman–Crippen LogP) is 5.43. The maximum absolute atomic E-state index is 12.7. The normalized spacial score (nSPS) is 12.1. The average Bonchev–Trinajstić information content (AvgIpc) is 3.56. The third-order valence-electron chi connectivity index (χ3n) is 6.13. The van der Waals surface area contributed by atoms with Crippen molar-refractivity contribution in [2.24, 2.45) is 0 Å².